The molecule has 0 saturated carbocycles. The third-order valence-electron chi connectivity index (χ3n) is 4.42. The molecule has 1 aromatic rings. The van der Waals surface area contributed by atoms with E-state index in [1.807, 2.05) is 4.90 Å². The molecule has 0 bridgehead atoms. The number of aromatic nitrogens is 1. The van der Waals surface area contributed by atoms with Crippen LogP contribution in [0.15, 0.2) is 24.5 Å². The molecular weight excluding hydrogens is 238 g/mol. The average molecular weight is 259 g/mol. The number of pyridine rings is 1. The van der Waals surface area contributed by atoms with Crippen LogP contribution in [0.2, 0.25) is 0 Å². The summed E-state index contributed by atoms with van der Waals surface area (Å²) >= 11 is 0. The fourth-order valence-electron chi connectivity index (χ4n) is 3.30. The smallest absolute Gasteiger partial charge is 0.253 e. The van der Waals surface area contributed by atoms with Crippen LogP contribution in [-0.4, -0.2) is 41.5 Å². The molecule has 1 unspecified atom stereocenters. The lowest BCUT2D eigenvalue weighted by Crippen LogP contribution is -2.43. The number of likely N-dealkylation sites (tertiary alicyclic amines) is 1. The Bertz CT molecular complexity index is 420. The number of rotatable bonds is 2. The van der Waals surface area contributed by atoms with Gasteiger partial charge in [0.2, 0.25) is 0 Å². The number of carbonyl (C=O) groups is 1. The van der Waals surface area contributed by atoms with Crippen LogP contribution in [0.5, 0.6) is 0 Å². The molecule has 19 heavy (non-hydrogen) atoms. The van der Waals surface area contributed by atoms with Crippen LogP contribution in [0.4, 0.5) is 0 Å². The highest BCUT2D eigenvalue weighted by Crippen LogP contribution is 2.26. The molecule has 2 fully saturated rings. The first kappa shape index (κ1) is 12.6. The van der Waals surface area contributed by atoms with Gasteiger partial charge in [-0.2, -0.15) is 0 Å². The second kappa shape index (κ2) is 5.70. The largest absolute Gasteiger partial charge is 0.339 e. The molecule has 1 atom stereocenters. The van der Waals surface area contributed by atoms with E-state index >= 15 is 0 Å². The van der Waals surface area contributed by atoms with Crippen molar-refractivity contribution in [1.82, 2.24) is 15.2 Å². The fraction of sp³-hybridized carbons (Fsp3) is 0.600. The van der Waals surface area contributed by atoms with E-state index in [9.17, 15) is 4.79 Å². The van der Waals surface area contributed by atoms with Gasteiger partial charge in [0.15, 0.2) is 0 Å². The van der Waals surface area contributed by atoms with E-state index in [0.29, 0.717) is 6.04 Å². The molecule has 0 aliphatic carbocycles. The van der Waals surface area contributed by atoms with E-state index in [0.717, 1.165) is 37.4 Å². The third-order valence-corrected chi connectivity index (χ3v) is 4.42. The minimum Gasteiger partial charge on any atom is -0.339 e. The van der Waals surface area contributed by atoms with Crippen molar-refractivity contribution >= 4 is 5.91 Å². The highest BCUT2D eigenvalue weighted by Gasteiger charge is 2.30. The number of piperidine rings is 1. The SMILES string of the molecule is O=C(c1ccncc1)N1CCC(C2CCCN2)CC1. The molecular formula is C15H21N3O. The summed E-state index contributed by atoms with van der Waals surface area (Å²) < 4.78 is 0. The van der Waals surface area contributed by atoms with Gasteiger partial charge in [0.05, 0.1) is 0 Å². The zero-order valence-electron chi connectivity index (χ0n) is 11.2. The zero-order valence-corrected chi connectivity index (χ0v) is 11.2. The molecule has 0 spiro atoms. The second-order valence-corrected chi connectivity index (χ2v) is 5.57. The second-order valence-electron chi connectivity index (χ2n) is 5.57. The lowest BCUT2D eigenvalue weighted by molar-refractivity contribution is 0.0674. The standard InChI is InChI=1S/C15H21N3O/c19-15(13-3-8-16-9-4-13)18-10-5-12(6-11-18)14-2-1-7-17-14/h3-4,8-9,12,14,17H,1-2,5-7,10-11H2. The van der Waals surface area contributed by atoms with Gasteiger partial charge in [-0.1, -0.05) is 0 Å². The molecule has 4 nitrogen and oxygen atoms in total. The summed E-state index contributed by atoms with van der Waals surface area (Å²) in [4.78, 5) is 18.3. The number of nitrogens with one attached hydrogen (secondary N) is 1. The van der Waals surface area contributed by atoms with Gasteiger partial charge in [-0.3, -0.25) is 9.78 Å². The number of carbonyl (C=O) groups excluding carboxylic acids is 1. The van der Waals surface area contributed by atoms with E-state index in [1.165, 1.54) is 19.4 Å². The molecule has 1 N–H and O–H groups in total. The summed E-state index contributed by atoms with van der Waals surface area (Å²) in [6.07, 6.45) is 8.25. The first-order chi connectivity index (χ1) is 9.34. The number of amides is 1. The Labute approximate surface area is 114 Å². The predicted octanol–water partition coefficient (Wildman–Crippen LogP) is 1.69. The Hall–Kier alpha value is -1.42. The van der Waals surface area contributed by atoms with Gasteiger partial charge < -0.3 is 10.2 Å². The topological polar surface area (TPSA) is 45.2 Å². The van der Waals surface area contributed by atoms with Crippen LogP contribution >= 0.6 is 0 Å². The van der Waals surface area contributed by atoms with E-state index in [-0.39, 0.29) is 5.91 Å². The van der Waals surface area contributed by atoms with Gasteiger partial charge in [0.1, 0.15) is 0 Å². The van der Waals surface area contributed by atoms with Crippen molar-refractivity contribution < 1.29 is 4.79 Å². The third kappa shape index (κ3) is 2.78. The zero-order chi connectivity index (χ0) is 13.1. The van der Waals surface area contributed by atoms with Gasteiger partial charge >= 0.3 is 0 Å². The Morgan fingerprint density at radius 2 is 1.95 bits per heavy atom. The summed E-state index contributed by atoms with van der Waals surface area (Å²) in [7, 11) is 0. The summed E-state index contributed by atoms with van der Waals surface area (Å²) in [6, 6.07) is 4.29. The van der Waals surface area contributed by atoms with Gasteiger partial charge in [-0.25, -0.2) is 0 Å². The molecule has 102 valence electrons. The molecule has 3 heterocycles. The summed E-state index contributed by atoms with van der Waals surface area (Å²) in [6.45, 7) is 2.95. The minimum absolute atomic E-state index is 0.153. The van der Waals surface area contributed by atoms with Crippen molar-refractivity contribution in [3.63, 3.8) is 0 Å². The highest BCUT2D eigenvalue weighted by atomic mass is 16.2. The summed E-state index contributed by atoms with van der Waals surface area (Å²) in [5.74, 6) is 0.907. The molecule has 0 radical (unpaired) electrons. The molecule has 3 rings (SSSR count). The van der Waals surface area contributed by atoms with Crippen molar-refractivity contribution in [2.75, 3.05) is 19.6 Å². The predicted molar refractivity (Wildman–Crippen MR) is 73.9 cm³/mol. The first-order valence-electron chi connectivity index (χ1n) is 7.27. The lowest BCUT2D eigenvalue weighted by Gasteiger charge is -2.35. The molecule has 2 aliphatic heterocycles. The maximum absolute atomic E-state index is 12.3. The van der Waals surface area contributed by atoms with Crippen LogP contribution in [-0.2, 0) is 0 Å². The van der Waals surface area contributed by atoms with Crippen molar-refractivity contribution in [2.24, 2.45) is 5.92 Å². The molecule has 2 aliphatic rings. The minimum atomic E-state index is 0.153. The van der Waals surface area contributed by atoms with Crippen molar-refractivity contribution in [1.29, 1.82) is 0 Å². The van der Waals surface area contributed by atoms with E-state index in [4.69, 9.17) is 0 Å². The van der Waals surface area contributed by atoms with E-state index in [2.05, 4.69) is 10.3 Å². The van der Waals surface area contributed by atoms with Crippen LogP contribution in [0.1, 0.15) is 36.0 Å². The van der Waals surface area contributed by atoms with Gasteiger partial charge in [0.25, 0.3) is 5.91 Å². The molecule has 1 amide bonds. The Morgan fingerprint density at radius 3 is 2.58 bits per heavy atom. The Morgan fingerprint density at radius 1 is 1.21 bits per heavy atom. The molecule has 1 aromatic heterocycles. The molecule has 0 aromatic carbocycles. The first-order valence-corrected chi connectivity index (χ1v) is 7.27. The van der Waals surface area contributed by atoms with E-state index < -0.39 is 0 Å². The van der Waals surface area contributed by atoms with Gasteiger partial charge in [-0.15, -0.1) is 0 Å². The number of hydrogen-bond donors (Lipinski definition) is 1. The molecule has 2 saturated heterocycles. The Kier molecular flexibility index (Phi) is 3.78. The monoisotopic (exact) mass is 259 g/mol. The maximum Gasteiger partial charge on any atom is 0.253 e. The van der Waals surface area contributed by atoms with Crippen molar-refractivity contribution in [3.05, 3.63) is 30.1 Å². The van der Waals surface area contributed by atoms with Crippen molar-refractivity contribution in [3.8, 4) is 0 Å². The lowest BCUT2D eigenvalue weighted by atomic mass is 9.88. The van der Waals surface area contributed by atoms with Crippen LogP contribution in [0.25, 0.3) is 0 Å². The maximum atomic E-state index is 12.3. The van der Waals surface area contributed by atoms with Crippen LogP contribution in [0, 0.1) is 5.92 Å². The van der Waals surface area contributed by atoms with Gasteiger partial charge in [0, 0.05) is 37.1 Å². The van der Waals surface area contributed by atoms with Crippen molar-refractivity contribution in [2.45, 2.75) is 31.7 Å². The Balaban J connectivity index is 1.56. The number of nitrogens with zero attached hydrogens (tertiary/aromatic N) is 2. The normalized spacial score (nSPS) is 24.6. The quantitative estimate of drug-likeness (QED) is 0.879. The summed E-state index contributed by atoms with van der Waals surface area (Å²) in [5.41, 5.74) is 0.757. The van der Waals surface area contributed by atoms with Crippen LogP contribution < -0.4 is 5.32 Å². The number of hydrogen-bond acceptors (Lipinski definition) is 3. The van der Waals surface area contributed by atoms with E-state index in [1.54, 1.807) is 24.5 Å². The highest BCUT2D eigenvalue weighted by molar-refractivity contribution is 5.94. The molecule has 4 heteroatoms. The van der Waals surface area contributed by atoms with Crippen LogP contribution in [0.3, 0.4) is 0 Å². The average Bonchev–Trinajstić information content (AvgIpc) is 3.02. The summed E-state index contributed by atoms with van der Waals surface area (Å²) in [5, 5.41) is 3.59. The fourth-order valence-corrected chi connectivity index (χ4v) is 3.30. The van der Waals surface area contributed by atoms with Gasteiger partial charge in [-0.05, 0) is 50.3 Å².